The minimum absolute atomic E-state index is 0.0503. The van der Waals surface area contributed by atoms with E-state index in [1.54, 1.807) is 6.20 Å². The van der Waals surface area contributed by atoms with Crippen LogP contribution in [0.1, 0.15) is 19.7 Å². The molecule has 1 atom stereocenters. The van der Waals surface area contributed by atoms with E-state index < -0.39 is 0 Å². The summed E-state index contributed by atoms with van der Waals surface area (Å²) in [6.45, 7) is 3.89. The molecule has 0 fully saturated rings. The lowest BCUT2D eigenvalue weighted by Crippen LogP contribution is -2.37. The molecule has 1 aromatic rings. The van der Waals surface area contributed by atoms with Crippen LogP contribution in [-0.4, -0.2) is 21.4 Å². The number of rotatable bonds is 4. The third-order valence-corrected chi connectivity index (χ3v) is 2.34. The van der Waals surface area contributed by atoms with Crippen molar-refractivity contribution in [2.45, 2.75) is 26.3 Å². The van der Waals surface area contributed by atoms with Gasteiger partial charge in [0.1, 0.15) is 5.82 Å². The quantitative estimate of drug-likeness (QED) is 0.761. The van der Waals surface area contributed by atoms with Crippen LogP contribution in [0.3, 0.4) is 0 Å². The first kappa shape index (κ1) is 10.9. The van der Waals surface area contributed by atoms with Gasteiger partial charge in [0.05, 0.1) is 12.5 Å². The Morgan fingerprint density at radius 3 is 2.71 bits per heavy atom. The number of hydrogen-bond acceptors (Lipinski definition) is 3. The first-order chi connectivity index (χ1) is 6.52. The zero-order valence-corrected chi connectivity index (χ0v) is 8.90. The number of carbonyl (C=O) groups is 1. The lowest BCUT2D eigenvalue weighted by molar-refractivity contribution is -0.120. The monoisotopic (exact) mass is 195 g/mol. The Kier molecular flexibility index (Phi) is 3.41. The molecule has 0 amide bonds. The fraction of sp³-hybridized carbons (Fsp3) is 0.600. The van der Waals surface area contributed by atoms with Crippen molar-refractivity contribution in [2.24, 2.45) is 18.7 Å². The molecule has 0 aliphatic heterocycles. The lowest BCUT2D eigenvalue weighted by atomic mass is 9.99. The first-order valence-electron chi connectivity index (χ1n) is 4.77. The summed E-state index contributed by atoms with van der Waals surface area (Å²) in [5, 5.41) is 0. The molecule has 4 heteroatoms. The summed E-state index contributed by atoms with van der Waals surface area (Å²) in [6, 6.07) is -0.383. The highest BCUT2D eigenvalue weighted by Gasteiger charge is 2.18. The zero-order chi connectivity index (χ0) is 10.7. The zero-order valence-electron chi connectivity index (χ0n) is 8.90. The first-order valence-corrected chi connectivity index (χ1v) is 4.77. The van der Waals surface area contributed by atoms with Gasteiger partial charge in [-0.1, -0.05) is 13.8 Å². The molecular formula is C10H17N3O. The maximum absolute atomic E-state index is 11.6. The van der Waals surface area contributed by atoms with E-state index in [1.165, 1.54) is 0 Å². The van der Waals surface area contributed by atoms with Gasteiger partial charge in [-0.2, -0.15) is 0 Å². The van der Waals surface area contributed by atoms with Gasteiger partial charge in [-0.3, -0.25) is 4.79 Å². The average molecular weight is 195 g/mol. The van der Waals surface area contributed by atoms with Crippen LogP contribution < -0.4 is 5.73 Å². The van der Waals surface area contributed by atoms with Gasteiger partial charge in [0.2, 0.25) is 0 Å². The molecule has 0 bridgehead atoms. The minimum atomic E-state index is -0.383. The van der Waals surface area contributed by atoms with Gasteiger partial charge in [-0.15, -0.1) is 0 Å². The molecule has 78 valence electrons. The number of nitrogens with two attached hydrogens (primary N) is 1. The van der Waals surface area contributed by atoms with E-state index >= 15 is 0 Å². The number of hydrogen-bond donors (Lipinski definition) is 1. The third-order valence-electron chi connectivity index (χ3n) is 2.34. The Morgan fingerprint density at radius 1 is 1.64 bits per heavy atom. The van der Waals surface area contributed by atoms with Gasteiger partial charge in [0.15, 0.2) is 5.78 Å². The van der Waals surface area contributed by atoms with Crippen molar-refractivity contribution in [3.05, 3.63) is 18.2 Å². The van der Waals surface area contributed by atoms with Crippen LogP contribution in [0.2, 0.25) is 0 Å². The molecule has 0 saturated heterocycles. The van der Waals surface area contributed by atoms with Gasteiger partial charge < -0.3 is 10.3 Å². The molecule has 0 aromatic carbocycles. The summed E-state index contributed by atoms with van der Waals surface area (Å²) in [5.74, 6) is 1.00. The summed E-state index contributed by atoms with van der Waals surface area (Å²) in [5.41, 5.74) is 5.74. The summed E-state index contributed by atoms with van der Waals surface area (Å²) in [7, 11) is 1.87. The van der Waals surface area contributed by atoms with Crippen LogP contribution in [0.15, 0.2) is 12.4 Å². The summed E-state index contributed by atoms with van der Waals surface area (Å²) in [4.78, 5) is 15.7. The molecule has 1 rings (SSSR count). The Morgan fingerprint density at radius 2 is 2.29 bits per heavy atom. The Balaban J connectivity index is 2.62. The predicted molar refractivity (Wildman–Crippen MR) is 54.7 cm³/mol. The van der Waals surface area contributed by atoms with E-state index in [9.17, 15) is 4.79 Å². The van der Waals surface area contributed by atoms with Crippen molar-refractivity contribution in [3.63, 3.8) is 0 Å². The van der Waals surface area contributed by atoms with Gasteiger partial charge in [0, 0.05) is 19.4 Å². The van der Waals surface area contributed by atoms with E-state index in [0.717, 1.165) is 5.82 Å². The molecule has 0 spiro atoms. The highest BCUT2D eigenvalue weighted by atomic mass is 16.1. The largest absolute Gasteiger partial charge is 0.338 e. The van der Waals surface area contributed by atoms with Gasteiger partial charge in [-0.25, -0.2) is 4.98 Å². The Hall–Kier alpha value is -1.16. The van der Waals surface area contributed by atoms with Crippen LogP contribution in [0.4, 0.5) is 0 Å². The fourth-order valence-corrected chi connectivity index (χ4v) is 1.21. The number of Topliss-reactive ketones (excluding diaryl/α,β-unsaturated/α-hetero) is 1. The topological polar surface area (TPSA) is 60.9 Å². The molecular weight excluding hydrogens is 178 g/mol. The number of aromatic nitrogens is 2. The number of imidazole rings is 1. The molecule has 2 N–H and O–H groups in total. The van der Waals surface area contributed by atoms with E-state index in [0.29, 0.717) is 6.42 Å². The Labute approximate surface area is 84.1 Å². The second kappa shape index (κ2) is 4.37. The second-order valence-corrected chi connectivity index (χ2v) is 3.87. The van der Waals surface area contributed by atoms with Crippen molar-refractivity contribution in [1.82, 2.24) is 9.55 Å². The van der Waals surface area contributed by atoms with E-state index in [-0.39, 0.29) is 17.7 Å². The van der Waals surface area contributed by atoms with Crippen LogP contribution in [0.25, 0.3) is 0 Å². The van der Waals surface area contributed by atoms with Crippen molar-refractivity contribution in [2.75, 3.05) is 0 Å². The molecule has 14 heavy (non-hydrogen) atoms. The fourth-order valence-electron chi connectivity index (χ4n) is 1.21. The van der Waals surface area contributed by atoms with Crippen molar-refractivity contribution >= 4 is 5.78 Å². The molecule has 0 radical (unpaired) electrons. The average Bonchev–Trinajstić information content (AvgIpc) is 2.50. The molecule has 1 aromatic heterocycles. The van der Waals surface area contributed by atoms with Crippen molar-refractivity contribution in [1.29, 1.82) is 0 Å². The predicted octanol–water partition coefficient (Wildman–Crippen LogP) is 0.515. The van der Waals surface area contributed by atoms with Crippen LogP contribution in [0.5, 0.6) is 0 Å². The number of nitrogens with zero attached hydrogens (tertiary/aromatic N) is 2. The number of carbonyl (C=O) groups excluding carboxylic acids is 1. The lowest BCUT2D eigenvalue weighted by Gasteiger charge is -2.13. The highest BCUT2D eigenvalue weighted by Crippen LogP contribution is 2.04. The van der Waals surface area contributed by atoms with E-state index in [2.05, 4.69) is 4.98 Å². The molecule has 0 aliphatic rings. The molecule has 0 aliphatic carbocycles. The summed E-state index contributed by atoms with van der Waals surface area (Å²) < 4.78 is 1.84. The molecule has 0 saturated carbocycles. The van der Waals surface area contributed by atoms with Gasteiger partial charge in [0.25, 0.3) is 0 Å². The van der Waals surface area contributed by atoms with Crippen LogP contribution >= 0.6 is 0 Å². The number of aryl methyl sites for hydroxylation is 1. The third kappa shape index (κ3) is 2.42. The van der Waals surface area contributed by atoms with Gasteiger partial charge in [-0.05, 0) is 5.92 Å². The normalized spacial score (nSPS) is 13.2. The second-order valence-electron chi connectivity index (χ2n) is 3.87. The van der Waals surface area contributed by atoms with Crippen LogP contribution in [-0.2, 0) is 18.3 Å². The molecule has 4 nitrogen and oxygen atoms in total. The summed E-state index contributed by atoms with van der Waals surface area (Å²) in [6.07, 6.45) is 3.83. The molecule has 1 heterocycles. The Bertz CT molecular complexity index is 317. The van der Waals surface area contributed by atoms with Crippen molar-refractivity contribution < 1.29 is 4.79 Å². The van der Waals surface area contributed by atoms with Crippen molar-refractivity contribution in [3.8, 4) is 0 Å². The highest BCUT2D eigenvalue weighted by molar-refractivity contribution is 5.85. The standard InChI is InChI=1S/C10H17N3O/c1-7(2)10(11)8(14)6-9-12-4-5-13(9)3/h4-5,7,10H,6,11H2,1-3H3. The van der Waals surface area contributed by atoms with E-state index in [1.807, 2.05) is 31.7 Å². The van der Waals surface area contributed by atoms with Crippen LogP contribution in [0, 0.1) is 5.92 Å². The molecule has 1 unspecified atom stereocenters. The minimum Gasteiger partial charge on any atom is -0.338 e. The SMILES string of the molecule is CC(C)C(N)C(=O)Cc1nccn1C. The van der Waals surface area contributed by atoms with E-state index in [4.69, 9.17) is 5.73 Å². The number of ketones is 1. The smallest absolute Gasteiger partial charge is 0.157 e. The van der Waals surface area contributed by atoms with Gasteiger partial charge >= 0.3 is 0 Å². The maximum Gasteiger partial charge on any atom is 0.157 e. The maximum atomic E-state index is 11.6. The summed E-state index contributed by atoms with van der Waals surface area (Å²) >= 11 is 0.